The van der Waals surface area contributed by atoms with Gasteiger partial charge in [-0.1, -0.05) is 86.6 Å². The molecule has 0 N–H and O–H groups in total. The summed E-state index contributed by atoms with van der Waals surface area (Å²) in [5.41, 5.74) is 0.604. The Morgan fingerprint density at radius 3 is 2.18 bits per heavy atom. The average molecular weight is 550 g/mol. The minimum absolute atomic E-state index is 0.0666. The molecule has 5 rings (SSSR count). The molecule has 2 aliphatic rings. The van der Waals surface area contributed by atoms with Crippen molar-refractivity contribution in [3.63, 3.8) is 0 Å². The molecular formula is C30H39N3O5Si. The van der Waals surface area contributed by atoms with Crippen molar-refractivity contribution in [2.24, 2.45) is 5.92 Å². The van der Waals surface area contributed by atoms with Gasteiger partial charge in [0.2, 0.25) is 0 Å². The number of fused-ring (bicyclic) bond motifs is 1. The number of nitrogens with zero attached hydrogens (tertiary/aromatic N) is 3. The average Bonchev–Trinajstić information content (AvgIpc) is 3.57. The van der Waals surface area contributed by atoms with Crippen molar-refractivity contribution in [3.8, 4) is 0 Å². The maximum atomic E-state index is 11.2. The first-order chi connectivity index (χ1) is 18.5. The molecule has 0 spiro atoms. The molecule has 1 saturated heterocycles. The molecule has 1 aromatic heterocycles. The maximum absolute atomic E-state index is 11.2. The van der Waals surface area contributed by atoms with Gasteiger partial charge in [-0.3, -0.25) is 4.79 Å². The topological polar surface area (TPSA) is 84.7 Å². The number of esters is 1. The van der Waals surface area contributed by atoms with Crippen LogP contribution in [0.3, 0.4) is 0 Å². The first kappa shape index (κ1) is 27.7. The van der Waals surface area contributed by atoms with Crippen LogP contribution >= 0.6 is 0 Å². The van der Waals surface area contributed by atoms with Gasteiger partial charge in [-0.2, -0.15) is 0 Å². The predicted octanol–water partition coefficient (Wildman–Crippen LogP) is 4.00. The molecule has 1 saturated carbocycles. The normalized spacial score (nSPS) is 24.5. The van der Waals surface area contributed by atoms with Crippen molar-refractivity contribution in [1.29, 1.82) is 0 Å². The van der Waals surface area contributed by atoms with Crippen LogP contribution in [0.4, 0.5) is 0 Å². The highest BCUT2D eigenvalue weighted by Gasteiger charge is 2.57. The van der Waals surface area contributed by atoms with Gasteiger partial charge in [0.25, 0.3) is 8.32 Å². The summed E-state index contributed by atoms with van der Waals surface area (Å²) in [6.45, 7) is 12.8. The summed E-state index contributed by atoms with van der Waals surface area (Å²) in [5, 5.41) is 11.0. The second kappa shape index (κ2) is 10.6. The van der Waals surface area contributed by atoms with Crippen LogP contribution in [0, 0.1) is 5.92 Å². The second-order valence-electron chi connectivity index (χ2n) is 12.1. The summed E-state index contributed by atoms with van der Waals surface area (Å²) in [6, 6.07) is 21.3. The van der Waals surface area contributed by atoms with Gasteiger partial charge < -0.3 is 18.6 Å². The highest BCUT2D eigenvalue weighted by molar-refractivity contribution is 6.99. The number of benzene rings is 2. The molecule has 1 aliphatic carbocycles. The summed E-state index contributed by atoms with van der Waals surface area (Å²) < 4.78 is 27.1. The minimum Gasteiger partial charge on any atom is -0.459 e. The summed E-state index contributed by atoms with van der Waals surface area (Å²) in [4.78, 5) is 11.2. The molecule has 4 atom stereocenters. The van der Waals surface area contributed by atoms with E-state index in [4.69, 9.17) is 18.6 Å². The summed E-state index contributed by atoms with van der Waals surface area (Å²) in [6.07, 6.45) is 2.30. The van der Waals surface area contributed by atoms with Crippen LogP contribution in [0.2, 0.25) is 5.04 Å². The third-order valence-electron chi connectivity index (χ3n) is 7.80. The van der Waals surface area contributed by atoms with Crippen LogP contribution in [0.5, 0.6) is 0 Å². The van der Waals surface area contributed by atoms with E-state index in [1.54, 1.807) is 0 Å². The third kappa shape index (κ3) is 5.45. The lowest BCUT2D eigenvalue weighted by Gasteiger charge is -2.43. The predicted molar refractivity (Wildman–Crippen MR) is 150 cm³/mol. The van der Waals surface area contributed by atoms with Crippen LogP contribution in [0.1, 0.15) is 59.7 Å². The van der Waals surface area contributed by atoms with E-state index in [2.05, 4.69) is 91.7 Å². The van der Waals surface area contributed by atoms with E-state index in [-0.39, 0.29) is 41.8 Å². The molecule has 2 aromatic carbocycles. The monoisotopic (exact) mass is 549 g/mol. The van der Waals surface area contributed by atoms with Gasteiger partial charge in [0.05, 0.1) is 18.3 Å². The Balaban J connectivity index is 1.45. The Bertz CT molecular complexity index is 1240. The number of rotatable bonds is 8. The molecule has 2 fully saturated rings. The Hall–Kier alpha value is -2.85. The Morgan fingerprint density at radius 1 is 1.03 bits per heavy atom. The number of hydrogen-bond acceptors (Lipinski definition) is 7. The third-order valence-corrected chi connectivity index (χ3v) is 12.8. The van der Waals surface area contributed by atoms with Gasteiger partial charge in [-0.05, 0) is 35.7 Å². The van der Waals surface area contributed by atoms with E-state index in [0.29, 0.717) is 12.3 Å². The molecule has 9 heteroatoms. The molecule has 8 nitrogen and oxygen atoms in total. The summed E-state index contributed by atoms with van der Waals surface area (Å²) >= 11 is 0. The van der Waals surface area contributed by atoms with Crippen LogP contribution in [-0.4, -0.2) is 53.9 Å². The van der Waals surface area contributed by atoms with Crippen LogP contribution in [0.15, 0.2) is 66.9 Å². The highest BCUT2D eigenvalue weighted by atomic mass is 28.4. The summed E-state index contributed by atoms with van der Waals surface area (Å²) in [5.74, 6) is -0.949. The molecule has 0 bridgehead atoms. The number of carbonyl (C=O) groups excluding carboxylic acids is 1. The van der Waals surface area contributed by atoms with Gasteiger partial charge in [0.1, 0.15) is 18.4 Å². The minimum atomic E-state index is -2.69. The Labute approximate surface area is 231 Å². The molecule has 39 heavy (non-hydrogen) atoms. The molecule has 0 amide bonds. The lowest BCUT2D eigenvalue weighted by Crippen LogP contribution is -2.67. The molecular weight excluding hydrogens is 510 g/mol. The second-order valence-corrected chi connectivity index (χ2v) is 16.4. The molecule has 0 unspecified atom stereocenters. The highest BCUT2D eigenvalue weighted by Crippen LogP contribution is 2.47. The van der Waals surface area contributed by atoms with Gasteiger partial charge in [-0.15, -0.1) is 5.10 Å². The largest absolute Gasteiger partial charge is 0.459 e. The zero-order valence-corrected chi connectivity index (χ0v) is 24.7. The maximum Gasteiger partial charge on any atom is 0.303 e. The lowest BCUT2D eigenvalue weighted by atomic mass is 10.1. The van der Waals surface area contributed by atoms with Crippen LogP contribution in [-0.2, 0) is 30.0 Å². The van der Waals surface area contributed by atoms with Crippen molar-refractivity contribution in [2.75, 3.05) is 6.61 Å². The van der Waals surface area contributed by atoms with Crippen molar-refractivity contribution in [1.82, 2.24) is 15.0 Å². The zero-order chi connectivity index (χ0) is 27.8. The molecule has 2 heterocycles. The fraction of sp³-hybridized carbons (Fsp3) is 0.500. The van der Waals surface area contributed by atoms with E-state index in [1.165, 1.54) is 17.3 Å². The fourth-order valence-electron chi connectivity index (χ4n) is 6.19. The van der Waals surface area contributed by atoms with E-state index in [9.17, 15) is 4.79 Å². The van der Waals surface area contributed by atoms with Gasteiger partial charge in [0, 0.05) is 19.4 Å². The molecule has 208 valence electrons. The number of aromatic nitrogens is 3. The number of carbonyl (C=O) groups is 1. The Morgan fingerprint density at radius 2 is 1.62 bits per heavy atom. The van der Waals surface area contributed by atoms with Crippen molar-refractivity contribution in [3.05, 3.63) is 72.6 Å². The Kier molecular flexibility index (Phi) is 7.54. The molecule has 3 aromatic rings. The number of ether oxygens (including phenoxy) is 3. The summed E-state index contributed by atoms with van der Waals surface area (Å²) in [7, 11) is -2.69. The molecule has 1 aliphatic heterocycles. The van der Waals surface area contributed by atoms with Gasteiger partial charge in [0.15, 0.2) is 5.79 Å². The van der Waals surface area contributed by atoms with Crippen molar-refractivity contribution >= 4 is 24.7 Å². The van der Waals surface area contributed by atoms with Crippen molar-refractivity contribution in [2.45, 2.75) is 83.6 Å². The standard InChI is InChI=1S/C30H39N3O5Si/c1-21(34)35-20-23-18-33(32-31-23)26-17-22(27-28(26)38-30(5,6)37-27)19-36-39(29(2,3)4,24-13-9-7-10-14-24)25-15-11-8-12-16-25/h7-16,18,22,26-28H,17,19-20H2,1-6H3/t22-,26-,27-,28+/m1/s1. The van der Waals surface area contributed by atoms with Gasteiger partial charge in [-0.25, -0.2) is 4.68 Å². The van der Waals surface area contributed by atoms with Crippen LogP contribution in [0.25, 0.3) is 0 Å². The first-order valence-corrected chi connectivity index (χ1v) is 15.6. The quantitative estimate of drug-likeness (QED) is 0.310. The van der Waals surface area contributed by atoms with Gasteiger partial charge >= 0.3 is 5.97 Å². The first-order valence-electron chi connectivity index (χ1n) is 13.6. The van der Waals surface area contributed by atoms with E-state index >= 15 is 0 Å². The number of hydrogen-bond donors (Lipinski definition) is 0. The zero-order valence-electron chi connectivity index (χ0n) is 23.7. The van der Waals surface area contributed by atoms with Crippen LogP contribution < -0.4 is 10.4 Å². The van der Waals surface area contributed by atoms with E-state index < -0.39 is 14.1 Å². The van der Waals surface area contributed by atoms with E-state index in [0.717, 1.165) is 6.42 Å². The molecule has 0 radical (unpaired) electrons. The smallest absolute Gasteiger partial charge is 0.303 e. The van der Waals surface area contributed by atoms with Crippen molar-refractivity contribution < 1.29 is 23.4 Å². The SMILES string of the molecule is CC(=O)OCc1cn([C@@H]2C[C@H](CO[Si](c3ccccc3)(c3ccccc3)C(C)(C)C)[C@H]3OC(C)(C)O[C@H]32)nn1. The van der Waals surface area contributed by atoms with E-state index in [1.807, 2.05) is 24.7 Å². The lowest BCUT2D eigenvalue weighted by molar-refractivity contribution is -0.162. The fourth-order valence-corrected chi connectivity index (χ4v) is 10.8.